The summed E-state index contributed by atoms with van der Waals surface area (Å²) in [5.74, 6) is -0.364. The van der Waals surface area contributed by atoms with Gasteiger partial charge in [0.2, 0.25) is 0 Å². The zero-order valence-corrected chi connectivity index (χ0v) is 12.8. The Morgan fingerprint density at radius 3 is 2.64 bits per heavy atom. The Morgan fingerprint density at radius 2 is 1.95 bits per heavy atom. The number of fused-ring (bicyclic) bond motifs is 1. The van der Waals surface area contributed by atoms with Crippen LogP contribution in [0.2, 0.25) is 5.02 Å². The number of rotatable bonds is 4. The molecule has 0 saturated heterocycles. The summed E-state index contributed by atoms with van der Waals surface area (Å²) in [6, 6.07) is 13.6. The van der Waals surface area contributed by atoms with Gasteiger partial charge in [0, 0.05) is 11.6 Å². The summed E-state index contributed by atoms with van der Waals surface area (Å²) in [7, 11) is 0. The zero-order valence-electron chi connectivity index (χ0n) is 12.1. The van der Waals surface area contributed by atoms with E-state index in [1.807, 2.05) is 41.8 Å². The molecule has 4 nitrogen and oxygen atoms in total. The first-order chi connectivity index (χ1) is 10.5. The van der Waals surface area contributed by atoms with Gasteiger partial charge < -0.3 is 9.67 Å². The van der Waals surface area contributed by atoms with Crippen LogP contribution in [-0.2, 0) is 17.8 Å². The molecule has 0 fully saturated rings. The maximum atomic E-state index is 11.1. The average Bonchev–Trinajstić information content (AvgIpc) is 2.77. The van der Waals surface area contributed by atoms with Crippen LogP contribution in [0.25, 0.3) is 11.0 Å². The molecule has 0 amide bonds. The molecule has 0 spiro atoms. The van der Waals surface area contributed by atoms with Gasteiger partial charge in [-0.25, -0.2) is 4.98 Å². The summed E-state index contributed by atoms with van der Waals surface area (Å²) in [6.07, 6.45) is -0.113. The summed E-state index contributed by atoms with van der Waals surface area (Å²) in [5.41, 5.74) is 3.90. The first-order valence-corrected chi connectivity index (χ1v) is 7.33. The SMILES string of the molecule is Cc1ccc(Cn2c(CC(=O)O)nc3cc(Cl)ccc32)cc1. The molecule has 22 heavy (non-hydrogen) atoms. The maximum Gasteiger partial charge on any atom is 0.311 e. The highest BCUT2D eigenvalue weighted by Crippen LogP contribution is 2.22. The van der Waals surface area contributed by atoms with E-state index < -0.39 is 5.97 Å². The van der Waals surface area contributed by atoms with Gasteiger partial charge in [-0.2, -0.15) is 0 Å². The predicted molar refractivity (Wildman–Crippen MR) is 86.4 cm³/mol. The molecule has 0 aliphatic heterocycles. The highest BCUT2D eigenvalue weighted by Gasteiger charge is 2.14. The fraction of sp³-hybridized carbons (Fsp3) is 0.176. The summed E-state index contributed by atoms with van der Waals surface area (Å²) < 4.78 is 1.93. The minimum Gasteiger partial charge on any atom is -0.481 e. The van der Waals surface area contributed by atoms with Gasteiger partial charge in [0.25, 0.3) is 0 Å². The molecule has 3 rings (SSSR count). The zero-order chi connectivity index (χ0) is 15.7. The number of hydrogen-bond acceptors (Lipinski definition) is 2. The van der Waals surface area contributed by atoms with E-state index in [-0.39, 0.29) is 6.42 Å². The first-order valence-electron chi connectivity index (χ1n) is 6.95. The molecule has 5 heteroatoms. The van der Waals surface area contributed by atoms with E-state index in [1.54, 1.807) is 12.1 Å². The number of benzene rings is 2. The summed E-state index contributed by atoms with van der Waals surface area (Å²) >= 11 is 6.00. The summed E-state index contributed by atoms with van der Waals surface area (Å²) in [4.78, 5) is 15.5. The Hall–Kier alpha value is -2.33. The van der Waals surface area contributed by atoms with Crippen LogP contribution in [0.3, 0.4) is 0 Å². The Morgan fingerprint density at radius 1 is 1.23 bits per heavy atom. The van der Waals surface area contributed by atoms with Gasteiger partial charge in [0.15, 0.2) is 0 Å². The van der Waals surface area contributed by atoms with Gasteiger partial charge >= 0.3 is 5.97 Å². The molecule has 0 unspecified atom stereocenters. The van der Waals surface area contributed by atoms with Crippen molar-refractivity contribution in [2.45, 2.75) is 19.9 Å². The normalized spacial score (nSPS) is 11.0. The van der Waals surface area contributed by atoms with Crippen molar-refractivity contribution in [2.75, 3.05) is 0 Å². The van der Waals surface area contributed by atoms with Crippen molar-refractivity contribution in [3.05, 3.63) is 64.4 Å². The van der Waals surface area contributed by atoms with Crippen molar-refractivity contribution in [1.82, 2.24) is 9.55 Å². The molecule has 2 aromatic carbocycles. The Balaban J connectivity index is 2.08. The minimum atomic E-state index is -0.897. The Bertz CT molecular complexity index is 838. The van der Waals surface area contributed by atoms with Crippen LogP contribution in [0.5, 0.6) is 0 Å². The molecular formula is C17H15ClN2O2. The van der Waals surface area contributed by atoms with Crippen molar-refractivity contribution >= 4 is 28.6 Å². The van der Waals surface area contributed by atoms with E-state index in [2.05, 4.69) is 4.98 Å². The minimum absolute atomic E-state index is 0.113. The topological polar surface area (TPSA) is 55.1 Å². The predicted octanol–water partition coefficient (Wildman–Crippen LogP) is 3.67. The lowest BCUT2D eigenvalue weighted by molar-refractivity contribution is -0.136. The molecule has 1 heterocycles. The maximum absolute atomic E-state index is 11.1. The van der Waals surface area contributed by atoms with Crippen LogP contribution in [0, 0.1) is 6.92 Å². The number of carboxylic acid groups (broad SMARTS) is 1. The lowest BCUT2D eigenvalue weighted by Crippen LogP contribution is -2.10. The average molecular weight is 315 g/mol. The van der Waals surface area contributed by atoms with Crippen LogP contribution in [0.15, 0.2) is 42.5 Å². The fourth-order valence-electron chi connectivity index (χ4n) is 2.48. The molecule has 112 valence electrons. The van der Waals surface area contributed by atoms with Crippen LogP contribution >= 0.6 is 11.6 Å². The third-order valence-corrected chi connectivity index (χ3v) is 3.80. The smallest absolute Gasteiger partial charge is 0.311 e. The number of hydrogen-bond donors (Lipinski definition) is 1. The molecule has 0 aliphatic rings. The highest BCUT2D eigenvalue weighted by molar-refractivity contribution is 6.31. The fourth-order valence-corrected chi connectivity index (χ4v) is 2.64. The Kier molecular flexibility index (Phi) is 3.86. The van der Waals surface area contributed by atoms with Gasteiger partial charge in [-0.05, 0) is 30.7 Å². The van der Waals surface area contributed by atoms with Crippen molar-refractivity contribution in [3.8, 4) is 0 Å². The molecule has 0 aliphatic carbocycles. The second kappa shape index (κ2) is 5.81. The third-order valence-electron chi connectivity index (χ3n) is 3.56. The van der Waals surface area contributed by atoms with Gasteiger partial charge in [-0.1, -0.05) is 41.4 Å². The van der Waals surface area contributed by atoms with E-state index in [0.29, 0.717) is 17.4 Å². The number of aryl methyl sites for hydroxylation is 1. The summed E-state index contributed by atoms with van der Waals surface area (Å²) in [6.45, 7) is 2.62. The number of aliphatic carboxylic acids is 1. The molecule has 0 saturated carbocycles. The van der Waals surface area contributed by atoms with Gasteiger partial charge in [0.1, 0.15) is 12.2 Å². The van der Waals surface area contributed by atoms with Gasteiger partial charge in [-0.15, -0.1) is 0 Å². The lowest BCUT2D eigenvalue weighted by Gasteiger charge is -2.09. The van der Waals surface area contributed by atoms with E-state index in [9.17, 15) is 4.79 Å². The van der Waals surface area contributed by atoms with Crippen molar-refractivity contribution in [3.63, 3.8) is 0 Å². The standard InChI is InChI=1S/C17H15ClN2O2/c1-11-2-4-12(5-3-11)10-20-15-7-6-13(18)8-14(15)19-16(20)9-17(21)22/h2-8H,9-10H2,1H3,(H,21,22). The quantitative estimate of drug-likeness (QED) is 0.799. The molecule has 1 aromatic heterocycles. The number of halogens is 1. The summed E-state index contributed by atoms with van der Waals surface area (Å²) in [5, 5.41) is 9.69. The second-order valence-corrected chi connectivity index (χ2v) is 5.74. The monoisotopic (exact) mass is 314 g/mol. The van der Waals surface area contributed by atoms with Crippen LogP contribution in [0.1, 0.15) is 17.0 Å². The molecule has 3 aromatic rings. The number of nitrogens with zero attached hydrogens (tertiary/aromatic N) is 2. The third kappa shape index (κ3) is 2.97. The molecule has 0 radical (unpaired) electrons. The Labute approximate surface area is 133 Å². The lowest BCUT2D eigenvalue weighted by atomic mass is 10.1. The van der Waals surface area contributed by atoms with Gasteiger partial charge in [0.05, 0.1) is 11.0 Å². The van der Waals surface area contributed by atoms with Crippen LogP contribution < -0.4 is 0 Å². The first kappa shape index (κ1) is 14.6. The van der Waals surface area contributed by atoms with E-state index in [0.717, 1.165) is 16.6 Å². The van der Waals surface area contributed by atoms with Crippen molar-refractivity contribution < 1.29 is 9.90 Å². The van der Waals surface area contributed by atoms with Crippen molar-refractivity contribution in [1.29, 1.82) is 0 Å². The van der Waals surface area contributed by atoms with Gasteiger partial charge in [-0.3, -0.25) is 4.79 Å². The highest BCUT2D eigenvalue weighted by atomic mass is 35.5. The largest absolute Gasteiger partial charge is 0.481 e. The molecular weight excluding hydrogens is 300 g/mol. The van der Waals surface area contributed by atoms with E-state index in [1.165, 1.54) is 5.56 Å². The van der Waals surface area contributed by atoms with E-state index >= 15 is 0 Å². The molecule has 0 bridgehead atoms. The van der Waals surface area contributed by atoms with Crippen LogP contribution in [0.4, 0.5) is 0 Å². The number of imidazole rings is 1. The van der Waals surface area contributed by atoms with E-state index in [4.69, 9.17) is 16.7 Å². The van der Waals surface area contributed by atoms with Crippen molar-refractivity contribution in [2.24, 2.45) is 0 Å². The molecule has 0 atom stereocenters. The molecule has 1 N–H and O–H groups in total. The second-order valence-electron chi connectivity index (χ2n) is 5.30. The van der Waals surface area contributed by atoms with Crippen LogP contribution in [-0.4, -0.2) is 20.6 Å². The number of carboxylic acids is 1. The number of carbonyl (C=O) groups is 1. The number of aromatic nitrogens is 2.